The van der Waals surface area contributed by atoms with E-state index < -0.39 is 0 Å². The first-order valence-corrected chi connectivity index (χ1v) is 8.65. The van der Waals surface area contributed by atoms with Crippen molar-refractivity contribution in [3.05, 3.63) is 36.3 Å². The van der Waals surface area contributed by atoms with Crippen LogP contribution in [0.2, 0.25) is 0 Å². The van der Waals surface area contributed by atoms with Crippen LogP contribution in [0.5, 0.6) is 0 Å². The molecule has 0 aliphatic rings. The summed E-state index contributed by atoms with van der Waals surface area (Å²) in [6.45, 7) is 6.95. The van der Waals surface area contributed by atoms with Crippen molar-refractivity contribution >= 4 is 28.6 Å². The Kier molecular flexibility index (Phi) is 4.21. The highest BCUT2D eigenvalue weighted by atomic mass is 32.2. The Morgan fingerprint density at radius 2 is 2.04 bits per heavy atom. The molecule has 3 rings (SSSR count). The Morgan fingerprint density at radius 3 is 2.70 bits per heavy atom. The van der Waals surface area contributed by atoms with Crippen LogP contribution in [0.4, 0.5) is 5.82 Å². The number of anilines is 1. The molecule has 23 heavy (non-hydrogen) atoms. The maximum atomic E-state index is 4.63. The molecule has 1 N–H and O–H groups in total. The van der Waals surface area contributed by atoms with Crippen LogP contribution in [0.25, 0.3) is 11.0 Å². The Balaban J connectivity index is 2.00. The Morgan fingerprint density at radius 1 is 1.22 bits per heavy atom. The van der Waals surface area contributed by atoms with Crippen molar-refractivity contribution in [3.63, 3.8) is 0 Å². The molecule has 3 aromatic rings. The fourth-order valence-corrected chi connectivity index (χ4v) is 2.64. The maximum Gasteiger partial charge on any atom is 0.191 e. The fourth-order valence-electron chi connectivity index (χ4n) is 2.28. The van der Waals surface area contributed by atoms with Crippen LogP contribution in [0.15, 0.2) is 35.7 Å². The summed E-state index contributed by atoms with van der Waals surface area (Å²) < 4.78 is 1.94. The zero-order valence-electron chi connectivity index (χ0n) is 13.7. The normalized spacial score (nSPS) is 11.8. The molecule has 0 saturated carbocycles. The van der Waals surface area contributed by atoms with Gasteiger partial charge in [-0.25, -0.2) is 14.6 Å². The van der Waals surface area contributed by atoms with Gasteiger partial charge in [-0.05, 0) is 39.2 Å². The van der Waals surface area contributed by atoms with Crippen LogP contribution in [0.1, 0.15) is 26.5 Å². The summed E-state index contributed by atoms with van der Waals surface area (Å²) in [6.07, 6.45) is 5.59. The molecule has 0 amide bonds. The van der Waals surface area contributed by atoms with Gasteiger partial charge < -0.3 is 5.32 Å². The average Bonchev–Trinajstić information content (AvgIpc) is 2.97. The van der Waals surface area contributed by atoms with Crippen molar-refractivity contribution in [2.24, 2.45) is 0 Å². The summed E-state index contributed by atoms with van der Waals surface area (Å²) in [4.78, 5) is 13.6. The van der Waals surface area contributed by atoms with Gasteiger partial charge in [-0.1, -0.05) is 17.8 Å². The van der Waals surface area contributed by atoms with Gasteiger partial charge in [-0.3, -0.25) is 4.98 Å². The van der Waals surface area contributed by atoms with E-state index in [1.807, 2.05) is 35.3 Å². The molecule has 3 heterocycles. The molecule has 0 aliphatic carbocycles. The van der Waals surface area contributed by atoms with E-state index in [2.05, 4.69) is 46.1 Å². The molecule has 0 spiro atoms. The minimum atomic E-state index is -0.135. The van der Waals surface area contributed by atoms with E-state index in [4.69, 9.17) is 0 Å². The lowest BCUT2D eigenvalue weighted by Crippen LogP contribution is -2.23. The lowest BCUT2D eigenvalue weighted by atomic mass is 10.1. The predicted molar refractivity (Wildman–Crippen MR) is 93.7 cm³/mol. The molecular formula is C16H20N6S. The van der Waals surface area contributed by atoms with E-state index in [1.165, 1.54) is 11.8 Å². The Bertz CT molecular complexity index is 807. The molecule has 0 saturated heterocycles. The number of hydrogen-bond donors (Lipinski definition) is 1. The Labute approximate surface area is 139 Å². The highest BCUT2D eigenvalue weighted by molar-refractivity contribution is 7.98. The molecule has 0 bridgehead atoms. The van der Waals surface area contributed by atoms with E-state index in [1.54, 1.807) is 6.20 Å². The van der Waals surface area contributed by atoms with E-state index in [-0.39, 0.29) is 5.54 Å². The van der Waals surface area contributed by atoms with Gasteiger partial charge in [0.05, 0.1) is 29.4 Å². The Hall–Kier alpha value is -2.15. The highest BCUT2D eigenvalue weighted by Gasteiger charge is 2.20. The van der Waals surface area contributed by atoms with E-state index >= 15 is 0 Å². The minimum Gasteiger partial charge on any atom is -0.364 e. The number of nitrogens with one attached hydrogen (secondary N) is 1. The van der Waals surface area contributed by atoms with Crippen molar-refractivity contribution < 1.29 is 0 Å². The van der Waals surface area contributed by atoms with Crippen LogP contribution in [-0.4, -0.2) is 31.0 Å². The maximum absolute atomic E-state index is 4.63. The summed E-state index contributed by atoms with van der Waals surface area (Å²) in [5, 5.41) is 9.52. The summed E-state index contributed by atoms with van der Waals surface area (Å²) in [5.74, 6) is 0.792. The molecule has 0 radical (unpaired) electrons. The first-order valence-electron chi connectivity index (χ1n) is 7.43. The second-order valence-corrected chi connectivity index (χ2v) is 6.97. The molecule has 0 aliphatic heterocycles. The van der Waals surface area contributed by atoms with Crippen LogP contribution in [0.3, 0.4) is 0 Å². The first kappa shape index (κ1) is 15.7. The molecule has 0 unspecified atom stereocenters. The zero-order chi connectivity index (χ0) is 16.4. The number of rotatable bonds is 4. The molecule has 3 aromatic heterocycles. The van der Waals surface area contributed by atoms with Crippen LogP contribution in [0, 0.1) is 0 Å². The number of aromatic nitrogens is 5. The second kappa shape index (κ2) is 6.16. The lowest BCUT2D eigenvalue weighted by Gasteiger charge is -2.20. The molecule has 7 heteroatoms. The summed E-state index contributed by atoms with van der Waals surface area (Å²) >= 11 is 1.52. The zero-order valence-corrected chi connectivity index (χ0v) is 14.6. The van der Waals surface area contributed by atoms with Crippen molar-refractivity contribution in [2.75, 3.05) is 11.6 Å². The third-order valence-electron chi connectivity index (χ3n) is 3.39. The van der Waals surface area contributed by atoms with Crippen LogP contribution >= 0.6 is 11.8 Å². The standard InChI is InChI=1S/C16H20N6S/c1-16(2,3)22-14-12(10-19-22)13(20-15(21-14)23-4)18-9-11-7-5-6-8-17-11/h5-8,10H,9H2,1-4H3,(H,18,20,21). The second-order valence-electron chi connectivity index (χ2n) is 6.20. The van der Waals surface area contributed by atoms with Gasteiger partial charge in [0, 0.05) is 6.20 Å². The van der Waals surface area contributed by atoms with Gasteiger partial charge in [-0.15, -0.1) is 0 Å². The average molecular weight is 328 g/mol. The minimum absolute atomic E-state index is 0.135. The SMILES string of the molecule is CSc1nc(NCc2ccccn2)c2cnn(C(C)(C)C)c2n1. The smallest absolute Gasteiger partial charge is 0.191 e. The van der Waals surface area contributed by atoms with E-state index in [0.717, 1.165) is 27.7 Å². The predicted octanol–water partition coefficient (Wildman–Crippen LogP) is 3.31. The van der Waals surface area contributed by atoms with Gasteiger partial charge in [0.1, 0.15) is 5.82 Å². The van der Waals surface area contributed by atoms with Crippen LogP contribution < -0.4 is 5.32 Å². The van der Waals surface area contributed by atoms with Crippen molar-refractivity contribution in [3.8, 4) is 0 Å². The molecular weight excluding hydrogens is 308 g/mol. The van der Waals surface area contributed by atoms with Gasteiger partial charge in [0.25, 0.3) is 0 Å². The topological polar surface area (TPSA) is 68.5 Å². The molecule has 0 aromatic carbocycles. The number of nitrogens with zero attached hydrogens (tertiary/aromatic N) is 5. The van der Waals surface area contributed by atoms with Crippen LogP contribution in [-0.2, 0) is 12.1 Å². The molecule has 6 nitrogen and oxygen atoms in total. The summed E-state index contributed by atoms with van der Waals surface area (Å²) in [6, 6.07) is 5.87. The third-order valence-corrected chi connectivity index (χ3v) is 3.94. The van der Waals surface area contributed by atoms with Gasteiger partial charge in [-0.2, -0.15) is 5.10 Å². The largest absolute Gasteiger partial charge is 0.364 e. The quantitative estimate of drug-likeness (QED) is 0.585. The first-order chi connectivity index (χ1) is 11.0. The number of pyridine rings is 1. The number of hydrogen-bond acceptors (Lipinski definition) is 6. The van der Waals surface area contributed by atoms with Crippen molar-refractivity contribution in [1.29, 1.82) is 0 Å². The highest BCUT2D eigenvalue weighted by Crippen LogP contribution is 2.27. The molecule has 0 atom stereocenters. The number of thioether (sulfide) groups is 1. The van der Waals surface area contributed by atoms with Crippen molar-refractivity contribution in [1.82, 2.24) is 24.7 Å². The molecule has 120 valence electrons. The fraction of sp³-hybridized carbons (Fsp3) is 0.375. The monoisotopic (exact) mass is 328 g/mol. The van der Waals surface area contributed by atoms with Gasteiger partial charge >= 0.3 is 0 Å². The number of fused-ring (bicyclic) bond motifs is 1. The summed E-state index contributed by atoms with van der Waals surface area (Å²) in [7, 11) is 0. The summed E-state index contributed by atoms with van der Waals surface area (Å²) in [5.41, 5.74) is 1.68. The van der Waals surface area contributed by atoms with Gasteiger partial charge in [0.15, 0.2) is 10.8 Å². The third kappa shape index (κ3) is 3.29. The van der Waals surface area contributed by atoms with Crippen molar-refractivity contribution in [2.45, 2.75) is 38.0 Å². The van der Waals surface area contributed by atoms with E-state index in [0.29, 0.717) is 6.54 Å². The molecule has 0 fully saturated rings. The van der Waals surface area contributed by atoms with Gasteiger partial charge in [0.2, 0.25) is 0 Å². The lowest BCUT2D eigenvalue weighted by molar-refractivity contribution is 0.365. The van der Waals surface area contributed by atoms with E-state index in [9.17, 15) is 0 Å².